The van der Waals surface area contributed by atoms with E-state index in [1.165, 1.54) is 18.3 Å². The minimum atomic E-state index is -0.229. The molecule has 134 valence electrons. The van der Waals surface area contributed by atoms with Crippen molar-refractivity contribution in [3.05, 3.63) is 106 Å². The Balaban J connectivity index is 1.64. The third-order valence-electron chi connectivity index (χ3n) is 4.71. The second-order valence-corrected chi connectivity index (χ2v) is 6.40. The molecule has 1 amide bonds. The fourth-order valence-corrected chi connectivity index (χ4v) is 3.32. The highest BCUT2D eigenvalue weighted by molar-refractivity contribution is 5.94. The number of para-hydroxylation sites is 1. The Labute approximate surface area is 156 Å². The molecule has 2 aromatic heterocycles. The highest BCUT2D eigenvalue weighted by Crippen LogP contribution is 2.30. The van der Waals surface area contributed by atoms with E-state index in [1.54, 1.807) is 0 Å². The average Bonchev–Trinajstić information content (AvgIpc) is 3.13. The summed E-state index contributed by atoms with van der Waals surface area (Å²) in [7, 11) is 0. The van der Waals surface area contributed by atoms with Crippen molar-refractivity contribution in [1.29, 1.82) is 0 Å². The molecule has 0 saturated heterocycles. The van der Waals surface area contributed by atoms with Gasteiger partial charge in [0.1, 0.15) is 0 Å². The summed E-state index contributed by atoms with van der Waals surface area (Å²) in [5.74, 6) is -0.207. The van der Waals surface area contributed by atoms with Gasteiger partial charge < -0.3 is 15.3 Å². The molecule has 1 unspecified atom stereocenters. The number of carbonyl (C=O) groups excluding carboxylic acids is 1. The van der Waals surface area contributed by atoms with Gasteiger partial charge in [0.05, 0.1) is 5.56 Å². The van der Waals surface area contributed by atoms with Crippen LogP contribution in [0, 0.1) is 0 Å². The van der Waals surface area contributed by atoms with Crippen molar-refractivity contribution in [2.75, 3.05) is 6.54 Å². The topological polar surface area (TPSA) is 77.8 Å². The predicted molar refractivity (Wildman–Crippen MR) is 106 cm³/mol. The fourth-order valence-electron chi connectivity index (χ4n) is 3.32. The lowest BCUT2D eigenvalue weighted by atomic mass is 9.91. The number of hydrogen-bond donors (Lipinski definition) is 3. The lowest BCUT2D eigenvalue weighted by Gasteiger charge is -2.18. The molecule has 0 bridgehead atoms. The van der Waals surface area contributed by atoms with Gasteiger partial charge in [-0.1, -0.05) is 48.5 Å². The Morgan fingerprint density at radius 3 is 2.44 bits per heavy atom. The van der Waals surface area contributed by atoms with Crippen LogP contribution in [0.4, 0.5) is 0 Å². The number of benzene rings is 2. The molecule has 0 fully saturated rings. The standard InChI is InChI=1S/C22H19N3O2/c26-21-11-10-16(12-24-21)22(27)25-13-18(15-6-2-1-3-7-15)19-14-23-20-9-5-4-8-17(19)20/h1-12,14,18,23H,13H2,(H,24,26)(H,25,27). The van der Waals surface area contributed by atoms with Crippen molar-refractivity contribution >= 4 is 16.8 Å². The van der Waals surface area contributed by atoms with E-state index in [4.69, 9.17) is 0 Å². The number of aromatic nitrogens is 2. The number of aromatic amines is 2. The van der Waals surface area contributed by atoms with Crippen LogP contribution in [-0.4, -0.2) is 22.4 Å². The van der Waals surface area contributed by atoms with Crippen LogP contribution in [-0.2, 0) is 0 Å². The van der Waals surface area contributed by atoms with Gasteiger partial charge in [0.2, 0.25) is 5.56 Å². The molecule has 3 N–H and O–H groups in total. The van der Waals surface area contributed by atoms with Gasteiger partial charge in [-0.05, 0) is 23.3 Å². The van der Waals surface area contributed by atoms with E-state index in [2.05, 4.69) is 33.5 Å². The molecule has 0 spiro atoms. The first-order valence-corrected chi connectivity index (χ1v) is 8.80. The van der Waals surface area contributed by atoms with Crippen molar-refractivity contribution < 1.29 is 4.79 Å². The van der Waals surface area contributed by atoms with Gasteiger partial charge in [0, 0.05) is 41.8 Å². The maximum Gasteiger partial charge on any atom is 0.252 e. The van der Waals surface area contributed by atoms with Crippen LogP contribution in [0.1, 0.15) is 27.4 Å². The van der Waals surface area contributed by atoms with E-state index in [9.17, 15) is 9.59 Å². The van der Waals surface area contributed by atoms with Crippen LogP contribution in [0.2, 0.25) is 0 Å². The van der Waals surface area contributed by atoms with Crippen LogP contribution in [0.25, 0.3) is 10.9 Å². The molecular formula is C22H19N3O2. The number of carbonyl (C=O) groups is 1. The molecule has 2 heterocycles. The van der Waals surface area contributed by atoms with Gasteiger partial charge in [-0.25, -0.2) is 0 Å². The number of rotatable bonds is 5. The normalized spacial score (nSPS) is 12.0. The Bertz CT molecular complexity index is 1110. The van der Waals surface area contributed by atoms with Crippen LogP contribution in [0.3, 0.4) is 0 Å². The van der Waals surface area contributed by atoms with Crippen molar-refractivity contribution in [3.63, 3.8) is 0 Å². The average molecular weight is 357 g/mol. The van der Waals surface area contributed by atoms with Crippen molar-refractivity contribution in [3.8, 4) is 0 Å². The second-order valence-electron chi connectivity index (χ2n) is 6.40. The van der Waals surface area contributed by atoms with Crippen molar-refractivity contribution in [2.45, 2.75) is 5.92 Å². The number of fused-ring (bicyclic) bond motifs is 1. The summed E-state index contributed by atoms with van der Waals surface area (Å²) in [4.78, 5) is 29.5. The molecular weight excluding hydrogens is 338 g/mol. The number of H-pyrrole nitrogens is 2. The molecule has 4 aromatic rings. The first-order valence-electron chi connectivity index (χ1n) is 8.80. The first kappa shape index (κ1) is 16.8. The van der Waals surface area contributed by atoms with Crippen molar-refractivity contribution in [2.24, 2.45) is 0 Å². The summed E-state index contributed by atoms with van der Waals surface area (Å²) >= 11 is 0. The minimum Gasteiger partial charge on any atom is -0.361 e. The van der Waals surface area contributed by atoms with E-state index >= 15 is 0 Å². The van der Waals surface area contributed by atoms with Gasteiger partial charge in [-0.15, -0.1) is 0 Å². The SMILES string of the molecule is O=C(NCC(c1ccccc1)c1c[nH]c2ccccc12)c1ccc(=O)[nH]c1. The van der Waals surface area contributed by atoms with Crippen molar-refractivity contribution in [1.82, 2.24) is 15.3 Å². The maximum absolute atomic E-state index is 12.5. The van der Waals surface area contributed by atoms with E-state index in [0.717, 1.165) is 22.0 Å². The zero-order valence-corrected chi connectivity index (χ0v) is 14.6. The molecule has 0 radical (unpaired) electrons. The van der Waals surface area contributed by atoms with Gasteiger partial charge in [0.25, 0.3) is 5.91 Å². The van der Waals surface area contributed by atoms with Gasteiger partial charge in [-0.3, -0.25) is 9.59 Å². The highest BCUT2D eigenvalue weighted by Gasteiger charge is 2.19. The lowest BCUT2D eigenvalue weighted by Crippen LogP contribution is -2.29. The summed E-state index contributed by atoms with van der Waals surface area (Å²) in [6.07, 6.45) is 3.44. The summed E-state index contributed by atoms with van der Waals surface area (Å²) in [5.41, 5.74) is 3.54. The summed E-state index contributed by atoms with van der Waals surface area (Å²) in [5, 5.41) is 4.14. The summed E-state index contributed by atoms with van der Waals surface area (Å²) in [6.45, 7) is 0.448. The molecule has 0 saturated carbocycles. The highest BCUT2D eigenvalue weighted by atomic mass is 16.1. The van der Waals surface area contributed by atoms with Crippen LogP contribution in [0.5, 0.6) is 0 Å². The zero-order valence-electron chi connectivity index (χ0n) is 14.6. The van der Waals surface area contributed by atoms with Gasteiger partial charge >= 0.3 is 0 Å². The molecule has 5 nitrogen and oxygen atoms in total. The van der Waals surface area contributed by atoms with Crippen LogP contribution in [0.15, 0.2) is 83.9 Å². The van der Waals surface area contributed by atoms with Gasteiger partial charge in [-0.2, -0.15) is 0 Å². The molecule has 5 heteroatoms. The van der Waals surface area contributed by atoms with Gasteiger partial charge in [0.15, 0.2) is 0 Å². The Morgan fingerprint density at radius 1 is 0.889 bits per heavy atom. The Hall–Kier alpha value is -3.60. The van der Waals surface area contributed by atoms with E-state index in [1.807, 2.05) is 42.6 Å². The molecule has 0 aliphatic heterocycles. The monoisotopic (exact) mass is 357 g/mol. The smallest absolute Gasteiger partial charge is 0.252 e. The predicted octanol–water partition coefficient (Wildman–Crippen LogP) is 3.42. The molecule has 1 atom stereocenters. The summed E-state index contributed by atoms with van der Waals surface area (Å²) in [6, 6.07) is 21.1. The number of amides is 1. The quantitative estimate of drug-likeness (QED) is 0.512. The number of pyridine rings is 1. The van der Waals surface area contributed by atoms with Crippen LogP contribution < -0.4 is 10.9 Å². The molecule has 0 aliphatic rings. The Kier molecular flexibility index (Phi) is 4.58. The second kappa shape index (κ2) is 7.33. The van der Waals surface area contributed by atoms with E-state index < -0.39 is 0 Å². The minimum absolute atomic E-state index is 0.00839. The molecule has 4 rings (SSSR count). The third-order valence-corrected chi connectivity index (χ3v) is 4.71. The van der Waals surface area contributed by atoms with E-state index in [-0.39, 0.29) is 17.4 Å². The zero-order chi connectivity index (χ0) is 18.6. The molecule has 0 aliphatic carbocycles. The maximum atomic E-state index is 12.5. The number of nitrogens with one attached hydrogen (secondary N) is 3. The van der Waals surface area contributed by atoms with E-state index in [0.29, 0.717) is 12.1 Å². The van der Waals surface area contributed by atoms with Crippen LogP contribution >= 0.6 is 0 Å². The Morgan fingerprint density at radius 2 is 1.67 bits per heavy atom. The summed E-state index contributed by atoms with van der Waals surface area (Å²) < 4.78 is 0. The first-order chi connectivity index (χ1) is 13.2. The lowest BCUT2D eigenvalue weighted by molar-refractivity contribution is 0.0952. The third kappa shape index (κ3) is 3.53. The fraction of sp³-hybridized carbons (Fsp3) is 0.0909. The largest absolute Gasteiger partial charge is 0.361 e. The number of hydrogen-bond acceptors (Lipinski definition) is 2. The molecule has 27 heavy (non-hydrogen) atoms. The molecule has 2 aromatic carbocycles.